The van der Waals surface area contributed by atoms with E-state index in [2.05, 4.69) is 11.8 Å². The fourth-order valence-corrected chi connectivity index (χ4v) is 3.89. The Bertz CT molecular complexity index is 793. The fraction of sp³-hybridized carbons (Fsp3) is 0.417. The van der Waals surface area contributed by atoms with Crippen LogP contribution in [0, 0.1) is 12.8 Å². The lowest BCUT2D eigenvalue weighted by atomic mass is 9.88. The van der Waals surface area contributed by atoms with Gasteiger partial charge in [-0.2, -0.15) is 0 Å². The van der Waals surface area contributed by atoms with Gasteiger partial charge in [0, 0.05) is 24.6 Å². The maximum atomic E-state index is 13.3. The van der Waals surface area contributed by atoms with E-state index in [9.17, 15) is 9.59 Å². The molecule has 1 atom stereocenters. The van der Waals surface area contributed by atoms with Crippen LogP contribution < -0.4 is 0 Å². The Balaban J connectivity index is 1.66. The molecule has 1 aliphatic heterocycles. The zero-order valence-corrected chi connectivity index (χ0v) is 17.1. The molecule has 0 radical (unpaired) electrons. The van der Waals surface area contributed by atoms with Crippen LogP contribution in [0.25, 0.3) is 0 Å². The van der Waals surface area contributed by atoms with Gasteiger partial charge in [0.1, 0.15) is 6.04 Å². The maximum absolute atomic E-state index is 13.3. The van der Waals surface area contributed by atoms with Gasteiger partial charge in [0.15, 0.2) is 5.78 Å². The van der Waals surface area contributed by atoms with E-state index in [1.54, 1.807) is 0 Å². The number of ketones is 1. The first kappa shape index (κ1) is 20.3. The lowest BCUT2D eigenvalue weighted by Crippen LogP contribution is -2.46. The summed E-state index contributed by atoms with van der Waals surface area (Å²) in [6, 6.07) is 17.5. The molecule has 0 saturated carbocycles. The third-order valence-electron chi connectivity index (χ3n) is 5.80. The molecule has 0 aromatic heterocycles. The molecule has 4 heteroatoms. The maximum Gasteiger partial charge on any atom is 0.244 e. The zero-order chi connectivity index (χ0) is 20.1. The quantitative estimate of drug-likeness (QED) is 0.710. The smallest absolute Gasteiger partial charge is 0.244 e. The molecular formula is C24H30N2O2. The second-order valence-electron chi connectivity index (χ2n) is 7.72. The fourth-order valence-electron chi connectivity index (χ4n) is 3.89. The Kier molecular flexibility index (Phi) is 6.63. The average molecular weight is 379 g/mol. The number of rotatable bonds is 6. The van der Waals surface area contributed by atoms with Crippen molar-refractivity contribution in [3.05, 3.63) is 71.3 Å². The highest BCUT2D eigenvalue weighted by Gasteiger charge is 2.33. The summed E-state index contributed by atoms with van der Waals surface area (Å²) in [5.74, 6) is 0.347. The van der Waals surface area contributed by atoms with Crippen LogP contribution >= 0.6 is 0 Å². The first-order chi connectivity index (χ1) is 13.5. The van der Waals surface area contributed by atoms with Crippen molar-refractivity contribution in [1.29, 1.82) is 0 Å². The van der Waals surface area contributed by atoms with Crippen LogP contribution in [0.3, 0.4) is 0 Å². The largest absolute Gasteiger partial charge is 0.341 e. The number of hydrogen-bond donors (Lipinski definition) is 0. The normalized spacial score (nSPS) is 16.2. The molecule has 0 spiro atoms. The summed E-state index contributed by atoms with van der Waals surface area (Å²) in [7, 11) is 1.99. The molecule has 1 unspecified atom stereocenters. The highest BCUT2D eigenvalue weighted by molar-refractivity contribution is 5.98. The van der Waals surface area contributed by atoms with Crippen LogP contribution in [0.4, 0.5) is 0 Å². The van der Waals surface area contributed by atoms with Gasteiger partial charge < -0.3 is 4.90 Å². The van der Waals surface area contributed by atoms with Gasteiger partial charge in [0.05, 0.1) is 0 Å². The molecule has 0 aliphatic carbocycles. The van der Waals surface area contributed by atoms with Gasteiger partial charge in [-0.25, -0.2) is 0 Å². The van der Waals surface area contributed by atoms with Crippen molar-refractivity contribution in [3.63, 3.8) is 0 Å². The summed E-state index contributed by atoms with van der Waals surface area (Å²) in [6.45, 7) is 6.17. The number of benzene rings is 2. The SMILES string of the molecule is CCN(C)C(C(=O)N1CCC(C(=O)c2ccc(C)cc2)CC1)c1ccccc1. The summed E-state index contributed by atoms with van der Waals surface area (Å²) in [4.78, 5) is 30.1. The van der Waals surface area contributed by atoms with E-state index in [0.717, 1.165) is 36.1 Å². The van der Waals surface area contributed by atoms with Crippen molar-refractivity contribution in [2.45, 2.75) is 32.7 Å². The van der Waals surface area contributed by atoms with Crippen LogP contribution in [0.1, 0.15) is 47.3 Å². The van der Waals surface area contributed by atoms with Crippen LogP contribution in [0.15, 0.2) is 54.6 Å². The van der Waals surface area contributed by atoms with E-state index >= 15 is 0 Å². The minimum Gasteiger partial charge on any atom is -0.341 e. The van der Waals surface area contributed by atoms with Crippen LogP contribution in [0.2, 0.25) is 0 Å². The molecule has 4 nitrogen and oxygen atoms in total. The lowest BCUT2D eigenvalue weighted by molar-refractivity contribution is -0.138. The molecule has 1 fully saturated rings. The first-order valence-electron chi connectivity index (χ1n) is 10.2. The van der Waals surface area contributed by atoms with Gasteiger partial charge in [0.2, 0.25) is 5.91 Å². The van der Waals surface area contributed by atoms with E-state index in [0.29, 0.717) is 13.1 Å². The van der Waals surface area contributed by atoms with Crippen molar-refractivity contribution < 1.29 is 9.59 Å². The van der Waals surface area contributed by atoms with E-state index in [1.165, 1.54) is 0 Å². The Morgan fingerprint density at radius 2 is 1.64 bits per heavy atom. The lowest BCUT2D eigenvalue weighted by Gasteiger charge is -2.36. The molecule has 3 rings (SSSR count). The number of nitrogens with zero attached hydrogens (tertiary/aromatic N) is 2. The Morgan fingerprint density at radius 3 is 2.21 bits per heavy atom. The van der Waals surface area contributed by atoms with Gasteiger partial charge in [-0.1, -0.05) is 67.1 Å². The van der Waals surface area contributed by atoms with Crippen molar-refractivity contribution in [2.75, 3.05) is 26.7 Å². The molecule has 148 valence electrons. The molecule has 28 heavy (non-hydrogen) atoms. The zero-order valence-electron chi connectivity index (χ0n) is 17.1. The van der Waals surface area contributed by atoms with Gasteiger partial charge in [-0.05, 0) is 38.9 Å². The van der Waals surface area contributed by atoms with Gasteiger partial charge in [0.25, 0.3) is 0 Å². The third-order valence-corrected chi connectivity index (χ3v) is 5.80. The minimum atomic E-state index is -0.268. The number of likely N-dealkylation sites (N-methyl/N-ethyl adjacent to an activating group) is 1. The van der Waals surface area contributed by atoms with Gasteiger partial charge in [-0.3, -0.25) is 14.5 Å². The number of aryl methyl sites for hydroxylation is 1. The monoisotopic (exact) mass is 378 g/mol. The van der Waals surface area contributed by atoms with Gasteiger partial charge in [-0.15, -0.1) is 0 Å². The second kappa shape index (κ2) is 9.16. The standard InChI is InChI=1S/C24H30N2O2/c1-4-25(3)22(19-8-6-5-7-9-19)24(28)26-16-14-21(15-17-26)23(27)20-12-10-18(2)11-13-20/h5-13,21-22H,4,14-17H2,1-3H3. The molecule has 2 aromatic rings. The van der Waals surface area contributed by atoms with Crippen molar-refractivity contribution in [3.8, 4) is 0 Å². The number of likely N-dealkylation sites (tertiary alicyclic amines) is 1. The Hall–Kier alpha value is -2.46. The molecule has 0 N–H and O–H groups in total. The van der Waals surface area contributed by atoms with E-state index in [-0.39, 0.29) is 23.7 Å². The average Bonchev–Trinajstić information content (AvgIpc) is 2.74. The molecule has 2 aromatic carbocycles. The van der Waals surface area contributed by atoms with E-state index < -0.39 is 0 Å². The van der Waals surface area contributed by atoms with Crippen LogP contribution in [0.5, 0.6) is 0 Å². The predicted octanol–water partition coefficient (Wildman–Crippen LogP) is 4.11. The number of carbonyl (C=O) groups excluding carboxylic acids is 2. The second-order valence-corrected chi connectivity index (χ2v) is 7.72. The van der Waals surface area contributed by atoms with Crippen molar-refractivity contribution >= 4 is 11.7 Å². The highest BCUT2D eigenvalue weighted by atomic mass is 16.2. The number of piperidine rings is 1. The summed E-state index contributed by atoms with van der Waals surface area (Å²) >= 11 is 0. The third kappa shape index (κ3) is 4.50. The summed E-state index contributed by atoms with van der Waals surface area (Å²) < 4.78 is 0. The number of Topliss-reactive ketones (excluding diaryl/α,β-unsaturated/α-hetero) is 1. The van der Waals surface area contributed by atoms with Crippen molar-refractivity contribution in [2.24, 2.45) is 5.92 Å². The Labute approximate surface area is 168 Å². The predicted molar refractivity (Wildman–Crippen MR) is 112 cm³/mol. The van der Waals surface area contributed by atoms with Crippen molar-refractivity contribution in [1.82, 2.24) is 9.80 Å². The van der Waals surface area contributed by atoms with Gasteiger partial charge >= 0.3 is 0 Å². The molecular weight excluding hydrogens is 348 g/mol. The van der Waals surface area contributed by atoms with Crippen LogP contribution in [-0.2, 0) is 4.79 Å². The molecule has 0 bridgehead atoms. The van der Waals surface area contributed by atoms with Crippen LogP contribution in [-0.4, -0.2) is 48.2 Å². The first-order valence-corrected chi connectivity index (χ1v) is 10.2. The number of carbonyl (C=O) groups is 2. The van der Waals surface area contributed by atoms with E-state index in [1.807, 2.05) is 73.5 Å². The number of hydrogen-bond acceptors (Lipinski definition) is 3. The minimum absolute atomic E-state index is 0.00540. The summed E-state index contributed by atoms with van der Waals surface area (Å²) in [5, 5.41) is 0. The highest BCUT2D eigenvalue weighted by Crippen LogP contribution is 2.27. The molecule has 1 heterocycles. The molecule has 1 saturated heterocycles. The summed E-state index contributed by atoms with van der Waals surface area (Å²) in [5.41, 5.74) is 2.96. The van der Waals surface area contributed by atoms with E-state index in [4.69, 9.17) is 0 Å². The topological polar surface area (TPSA) is 40.6 Å². The molecule has 1 aliphatic rings. The molecule has 1 amide bonds. The Morgan fingerprint density at radius 1 is 1.04 bits per heavy atom. The summed E-state index contributed by atoms with van der Waals surface area (Å²) in [6.07, 6.45) is 1.46. The number of amides is 1.